The Morgan fingerprint density at radius 3 is 2.34 bits per heavy atom. The maximum Gasteiger partial charge on any atom is 0.416 e. The maximum atomic E-state index is 13.5. The molecule has 0 radical (unpaired) electrons. The summed E-state index contributed by atoms with van der Waals surface area (Å²) in [6, 6.07) is 13.4. The number of benzene rings is 2. The molecule has 1 saturated heterocycles. The van der Waals surface area contributed by atoms with Crippen molar-refractivity contribution in [3.63, 3.8) is 0 Å². The van der Waals surface area contributed by atoms with E-state index < -0.39 is 11.7 Å². The number of aromatic nitrogens is 3. The third-order valence-corrected chi connectivity index (χ3v) is 4.88. The topological polar surface area (TPSA) is 49.2 Å². The number of nitrogens with one attached hydrogen (secondary N) is 1. The zero-order chi connectivity index (χ0) is 20.4. The van der Waals surface area contributed by atoms with Crippen LogP contribution in [0.2, 0.25) is 0 Å². The highest BCUT2D eigenvalue weighted by Gasteiger charge is 2.32. The molecular weight excluding hydrogens is 381 g/mol. The number of rotatable bonds is 4. The minimum atomic E-state index is -4.43. The van der Waals surface area contributed by atoms with Crippen LogP contribution in [0.4, 0.5) is 30.5 Å². The van der Waals surface area contributed by atoms with Gasteiger partial charge in [-0.2, -0.15) is 18.2 Å². The minimum Gasteiger partial charge on any atom is -0.369 e. The van der Waals surface area contributed by atoms with Crippen molar-refractivity contribution in [1.29, 1.82) is 0 Å². The normalized spacial score (nSPS) is 15.5. The van der Waals surface area contributed by atoms with Crippen molar-refractivity contribution in [3.05, 3.63) is 60.4 Å². The van der Waals surface area contributed by atoms with Gasteiger partial charge in [-0.15, -0.1) is 5.10 Å². The molecular formula is C20H21F3N6. The van der Waals surface area contributed by atoms with Crippen molar-refractivity contribution in [2.75, 3.05) is 43.4 Å². The molecule has 1 aromatic heterocycles. The first-order valence-corrected chi connectivity index (χ1v) is 9.28. The van der Waals surface area contributed by atoms with Crippen molar-refractivity contribution < 1.29 is 13.2 Å². The van der Waals surface area contributed by atoms with Gasteiger partial charge in [-0.3, -0.25) is 0 Å². The SMILES string of the molecule is CN1CCN(c2cc(Nc3ncn(-c4ccccc4)n3)cc(C(F)(F)F)c2)CC1. The predicted molar refractivity (Wildman–Crippen MR) is 106 cm³/mol. The number of likely N-dealkylation sites (N-methyl/N-ethyl adjacent to an activating group) is 1. The average molecular weight is 402 g/mol. The van der Waals surface area contributed by atoms with Crippen LogP contribution < -0.4 is 10.2 Å². The molecule has 1 aliphatic rings. The van der Waals surface area contributed by atoms with Gasteiger partial charge in [-0.1, -0.05) is 18.2 Å². The van der Waals surface area contributed by atoms with Crippen molar-refractivity contribution in [3.8, 4) is 5.69 Å². The minimum absolute atomic E-state index is 0.234. The molecule has 4 rings (SSSR count). The van der Waals surface area contributed by atoms with Gasteiger partial charge in [-0.25, -0.2) is 4.68 Å². The maximum absolute atomic E-state index is 13.5. The Bertz CT molecular complexity index is 962. The Morgan fingerprint density at radius 2 is 1.66 bits per heavy atom. The summed E-state index contributed by atoms with van der Waals surface area (Å²) in [5, 5.41) is 7.23. The van der Waals surface area contributed by atoms with E-state index in [4.69, 9.17) is 0 Å². The van der Waals surface area contributed by atoms with Gasteiger partial charge >= 0.3 is 6.18 Å². The summed E-state index contributed by atoms with van der Waals surface area (Å²) in [4.78, 5) is 8.30. The summed E-state index contributed by atoms with van der Waals surface area (Å²) in [6.07, 6.45) is -2.91. The van der Waals surface area contributed by atoms with E-state index in [1.807, 2.05) is 42.3 Å². The van der Waals surface area contributed by atoms with Gasteiger partial charge in [0.25, 0.3) is 0 Å². The Kier molecular flexibility index (Phi) is 5.14. The van der Waals surface area contributed by atoms with Crippen molar-refractivity contribution >= 4 is 17.3 Å². The number of hydrogen-bond donors (Lipinski definition) is 1. The lowest BCUT2D eigenvalue weighted by molar-refractivity contribution is -0.137. The predicted octanol–water partition coefficient (Wildman–Crippen LogP) is 3.78. The van der Waals surface area contributed by atoms with Crippen LogP contribution in [-0.2, 0) is 6.18 Å². The zero-order valence-electron chi connectivity index (χ0n) is 15.9. The second-order valence-corrected chi connectivity index (χ2v) is 7.03. The molecule has 1 N–H and O–H groups in total. The van der Waals surface area contributed by atoms with Gasteiger partial charge < -0.3 is 15.1 Å². The summed E-state index contributed by atoms with van der Waals surface area (Å²) in [5.74, 6) is 0.234. The van der Waals surface area contributed by atoms with E-state index in [2.05, 4.69) is 20.3 Å². The van der Waals surface area contributed by atoms with Crippen molar-refractivity contribution in [2.24, 2.45) is 0 Å². The van der Waals surface area contributed by atoms with Crippen LogP contribution in [0, 0.1) is 0 Å². The third kappa shape index (κ3) is 4.51. The molecule has 0 unspecified atom stereocenters. The molecule has 0 saturated carbocycles. The van der Waals surface area contributed by atoms with E-state index in [0.717, 1.165) is 24.8 Å². The highest BCUT2D eigenvalue weighted by atomic mass is 19.4. The second kappa shape index (κ2) is 7.75. The van der Waals surface area contributed by atoms with Crippen LogP contribution in [0.1, 0.15) is 5.56 Å². The number of piperazine rings is 1. The largest absolute Gasteiger partial charge is 0.416 e. The molecule has 2 aromatic carbocycles. The monoisotopic (exact) mass is 402 g/mol. The Labute approximate surface area is 166 Å². The fourth-order valence-corrected chi connectivity index (χ4v) is 3.25. The lowest BCUT2D eigenvalue weighted by Crippen LogP contribution is -2.44. The zero-order valence-corrected chi connectivity index (χ0v) is 15.9. The molecule has 6 nitrogen and oxygen atoms in total. The van der Waals surface area contributed by atoms with Crippen molar-refractivity contribution in [1.82, 2.24) is 19.7 Å². The van der Waals surface area contributed by atoms with Gasteiger partial charge in [0, 0.05) is 37.6 Å². The first-order chi connectivity index (χ1) is 13.9. The van der Waals surface area contributed by atoms with Gasteiger partial charge in [0.05, 0.1) is 11.3 Å². The van der Waals surface area contributed by atoms with Gasteiger partial charge in [0.1, 0.15) is 6.33 Å². The lowest BCUT2D eigenvalue weighted by Gasteiger charge is -2.34. The Morgan fingerprint density at radius 1 is 0.931 bits per heavy atom. The molecule has 0 aliphatic carbocycles. The molecule has 1 fully saturated rings. The summed E-state index contributed by atoms with van der Waals surface area (Å²) >= 11 is 0. The summed E-state index contributed by atoms with van der Waals surface area (Å²) in [7, 11) is 2.01. The molecule has 29 heavy (non-hydrogen) atoms. The number of nitrogens with zero attached hydrogens (tertiary/aromatic N) is 5. The van der Waals surface area contributed by atoms with E-state index in [9.17, 15) is 13.2 Å². The molecule has 152 valence electrons. The first kappa shape index (κ1) is 19.3. The van der Waals surface area contributed by atoms with E-state index in [1.54, 1.807) is 10.7 Å². The molecule has 9 heteroatoms. The quantitative estimate of drug-likeness (QED) is 0.720. The molecule has 1 aliphatic heterocycles. The molecule has 3 aromatic rings. The summed E-state index contributed by atoms with van der Waals surface area (Å²) < 4.78 is 41.9. The summed E-state index contributed by atoms with van der Waals surface area (Å²) in [5.41, 5.74) is 0.964. The third-order valence-electron chi connectivity index (χ3n) is 4.88. The standard InChI is InChI=1S/C20H21F3N6/c1-27-7-9-28(10-8-27)18-12-15(20(21,22)23)11-16(13-18)25-19-24-14-29(26-19)17-5-3-2-4-6-17/h2-6,11-14H,7-10H2,1H3,(H,25,26). The second-order valence-electron chi connectivity index (χ2n) is 7.03. The molecule has 0 bridgehead atoms. The number of hydrogen-bond acceptors (Lipinski definition) is 5. The number of halogens is 3. The van der Waals surface area contributed by atoms with Gasteiger partial charge in [0.2, 0.25) is 5.95 Å². The van der Waals surface area contributed by atoms with Crippen molar-refractivity contribution in [2.45, 2.75) is 6.18 Å². The average Bonchev–Trinajstić information content (AvgIpc) is 3.17. The van der Waals surface area contributed by atoms with Crippen LogP contribution in [0.25, 0.3) is 5.69 Å². The van der Waals surface area contributed by atoms with Gasteiger partial charge in [-0.05, 0) is 37.4 Å². The van der Waals surface area contributed by atoms with Crippen LogP contribution in [0.15, 0.2) is 54.9 Å². The highest BCUT2D eigenvalue weighted by Crippen LogP contribution is 2.35. The lowest BCUT2D eigenvalue weighted by atomic mass is 10.1. The smallest absolute Gasteiger partial charge is 0.369 e. The fraction of sp³-hybridized carbons (Fsp3) is 0.300. The summed E-state index contributed by atoms with van der Waals surface area (Å²) in [6.45, 7) is 2.97. The van der Waals surface area contributed by atoms with E-state index in [1.165, 1.54) is 12.4 Å². The van der Waals surface area contributed by atoms with Crippen LogP contribution >= 0.6 is 0 Å². The Balaban J connectivity index is 1.61. The van der Waals surface area contributed by atoms with Crippen LogP contribution in [-0.4, -0.2) is 52.9 Å². The van der Waals surface area contributed by atoms with Crippen LogP contribution in [0.5, 0.6) is 0 Å². The number of anilines is 3. The number of para-hydroxylation sites is 1. The first-order valence-electron chi connectivity index (χ1n) is 9.28. The van der Waals surface area contributed by atoms with Crippen LogP contribution in [0.3, 0.4) is 0 Å². The molecule has 0 spiro atoms. The molecule has 2 heterocycles. The van der Waals surface area contributed by atoms with E-state index >= 15 is 0 Å². The number of alkyl halides is 3. The van der Waals surface area contributed by atoms with Gasteiger partial charge in [0.15, 0.2) is 0 Å². The van der Waals surface area contributed by atoms with E-state index in [0.29, 0.717) is 24.5 Å². The van der Waals surface area contributed by atoms with E-state index in [-0.39, 0.29) is 5.95 Å². The Hall–Kier alpha value is -3.07. The molecule has 0 amide bonds. The highest BCUT2D eigenvalue weighted by molar-refractivity contribution is 5.64. The fourth-order valence-electron chi connectivity index (χ4n) is 3.25. The molecule has 0 atom stereocenters.